The van der Waals surface area contributed by atoms with Crippen molar-refractivity contribution in [2.24, 2.45) is 17.6 Å². The van der Waals surface area contributed by atoms with E-state index in [1.54, 1.807) is 0 Å². The first-order valence-corrected chi connectivity index (χ1v) is 7.33. The van der Waals surface area contributed by atoms with Crippen LogP contribution in [0.4, 0.5) is 0 Å². The molecule has 1 aliphatic rings. The molecule has 1 saturated carbocycles. The summed E-state index contributed by atoms with van der Waals surface area (Å²) in [6, 6.07) is 4.90. The van der Waals surface area contributed by atoms with Crippen LogP contribution in [-0.2, 0) is 12.8 Å². The number of thiophene rings is 1. The molecular weight excluding hydrogens is 214 g/mol. The van der Waals surface area contributed by atoms with E-state index in [9.17, 15) is 0 Å². The number of nitrogens with two attached hydrogens (primary N) is 1. The molecule has 0 aromatic carbocycles. The van der Waals surface area contributed by atoms with Crippen LogP contribution in [0.1, 0.15) is 42.9 Å². The molecule has 1 aliphatic carbocycles. The molecule has 0 saturated heterocycles. The summed E-state index contributed by atoms with van der Waals surface area (Å²) < 4.78 is 0. The van der Waals surface area contributed by atoms with Crippen LogP contribution in [0.2, 0.25) is 0 Å². The molecule has 0 spiro atoms. The molecule has 3 atom stereocenters. The van der Waals surface area contributed by atoms with E-state index in [2.05, 4.69) is 26.0 Å². The molecule has 0 bridgehead atoms. The normalized spacial score (nSPS) is 27.2. The summed E-state index contributed by atoms with van der Waals surface area (Å²) in [5, 5.41) is 0. The summed E-state index contributed by atoms with van der Waals surface area (Å²) in [5.74, 6) is 1.66. The van der Waals surface area contributed by atoms with E-state index < -0.39 is 0 Å². The van der Waals surface area contributed by atoms with Gasteiger partial charge in [-0.2, -0.15) is 0 Å². The molecule has 0 amide bonds. The summed E-state index contributed by atoms with van der Waals surface area (Å²) >= 11 is 1.94. The van der Waals surface area contributed by atoms with Crippen LogP contribution >= 0.6 is 11.3 Å². The lowest BCUT2D eigenvalue weighted by atomic mass is 9.95. The molecule has 1 aromatic heterocycles. The molecule has 90 valence electrons. The maximum atomic E-state index is 6.33. The molecule has 3 unspecified atom stereocenters. The highest BCUT2D eigenvalue weighted by Crippen LogP contribution is 2.33. The van der Waals surface area contributed by atoms with Crippen molar-refractivity contribution in [1.82, 2.24) is 0 Å². The Morgan fingerprint density at radius 2 is 2.12 bits per heavy atom. The Bertz CT molecular complexity index is 331. The Hall–Kier alpha value is -0.340. The topological polar surface area (TPSA) is 26.0 Å². The average molecular weight is 237 g/mol. The van der Waals surface area contributed by atoms with E-state index in [0.29, 0.717) is 6.04 Å². The standard InChI is InChI=1S/C14H23NS/c1-3-12-6-7-13(16-12)9-14(15)11-5-4-10(2)8-11/h6-7,10-11,14H,3-5,8-9,15H2,1-2H3. The fourth-order valence-electron chi connectivity index (χ4n) is 2.76. The Labute approximate surface area is 103 Å². The molecule has 1 aromatic rings. The van der Waals surface area contributed by atoms with Crippen molar-refractivity contribution in [2.45, 2.75) is 52.0 Å². The van der Waals surface area contributed by atoms with Gasteiger partial charge in [-0.3, -0.25) is 0 Å². The van der Waals surface area contributed by atoms with Gasteiger partial charge in [0.1, 0.15) is 0 Å². The Morgan fingerprint density at radius 3 is 2.69 bits per heavy atom. The lowest BCUT2D eigenvalue weighted by Crippen LogP contribution is -2.30. The van der Waals surface area contributed by atoms with E-state index in [0.717, 1.165) is 24.7 Å². The first kappa shape index (κ1) is 12.1. The number of aryl methyl sites for hydroxylation is 1. The van der Waals surface area contributed by atoms with Gasteiger partial charge in [0.2, 0.25) is 0 Å². The van der Waals surface area contributed by atoms with Gasteiger partial charge in [0, 0.05) is 15.8 Å². The highest BCUT2D eigenvalue weighted by molar-refractivity contribution is 7.11. The molecule has 1 heterocycles. The third kappa shape index (κ3) is 2.86. The predicted octanol–water partition coefficient (Wildman–Crippen LogP) is 3.62. The second kappa shape index (κ2) is 5.33. The van der Waals surface area contributed by atoms with E-state index >= 15 is 0 Å². The summed E-state index contributed by atoms with van der Waals surface area (Å²) in [6.45, 7) is 4.57. The van der Waals surface area contributed by atoms with Gasteiger partial charge in [-0.1, -0.05) is 20.3 Å². The van der Waals surface area contributed by atoms with Crippen LogP contribution in [-0.4, -0.2) is 6.04 Å². The number of hydrogen-bond donors (Lipinski definition) is 1. The zero-order chi connectivity index (χ0) is 11.5. The summed E-state index contributed by atoms with van der Waals surface area (Å²) in [7, 11) is 0. The quantitative estimate of drug-likeness (QED) is 0.850. The van der Waals surface area contributed by atoms with Crippen molar-refractivity contribution in [1.29, 1.82) is 0 Å². The third-order valence-corrected chi connectivity index (χ3v) is 5.10. The van der Waals surface area contributed by atoms with Crippen LogP contribution in [0.15, 0.2) is 12.1 Å². The zero-order valence-electron chi connectivity index (χ0n) is 10.4. The van der Waals surface area contributed by atoms with Gasteiger partial charge < -0.3 is 5.73 Å². The first-order chi connectivity index (χ1) is 7.69. The third-order valence-electron chi connectivity index (χ3n) is 3.84. The SMILES string of the molecule is CCc1ccc(CC(N)C2CCC(C)C2)s1. The smallest absolute Gasteiger partial charge is 0.0116 e. The first-order valence-electron chi connectivity index (χ1n) is 6.52. The van der Waals surface area contributed by atoms with Gasteiger partial charge in [0.05, 0.1) is 0 Å². The molecular formula is C14H23NS. The van der Waals surface area contributed by atoms with Crippen LogP contribution in [0.3, 0.4) is 0 Å². The summed E-state index contributed by atoms with van der Waals surface area (Å²) in [4.78, 5) is 2.96. The minimum atomic E-state index is 0.383. The van der Waals surface area contributed by atoms with Crippen LogP contribution in [0.5, 0.6) is 0 Å². The second-order valence-corrected chi connectivity index (χ2v) is 6.52. The fraction of sp³-hybridized carbons (Fsp3) is 0.714. The minimum absolute atomic E-state index is 0.383. The number of rotatable bonds is 4. The van der Waals surface area contributed by atoms with Crippen LogP contribution in [0, 0.1) is 11.8 Å². The monoisotopic (exact) mass is 237 g/mol. The maximum absolute atomic E-state index is 6.33. The molecule has 2 N–H and O–H groups in total. The maximum Gasteiger partial charge on any atom is 0.0116 e. The Morgan fingerprint density at radius 1 is 1.38 bits per heavy atom. The van der Waals surface area contributed by atoms with Crippen molar-refractivity contribution < 1.29 is 0 Å². The minimum Gasteiger partial charge on any atom is -0.327 e. The molecule has 1 fully saturated rings. The van der Waals surface area contributed by atoms with E-state index in [1.165, 1.54) is 29.0 Å². The van der Waals surface area contributed by atoms with Crippen molar-refractivity contribution >= 4 is 11.3 Å². The van der Waals surface area contributed by atoms with Crippen molar-refractivity contribution in [3.63, 3.8) is 0 Å². The van der Waals surface area contributed by atoms with Gasteiger partial charge in [-0.05, 0) is 49.7 Å². The van der Waals surface area contributed by atoms with Crippen molar-refractivity contribution in [3.8, 4) is 0 Å². The summed E-state index contributed by atoms with van der Waals surface area (Å²) in [5.41, 5.74) is 6.33. The average Bonchev–Trinajstić information content (AvgIpc) is 2.87. The van der Waals surface area contributed by atoms with Crippen molar-refractivity contribution in [2.75, 3.05) is 0 Å². The van der Waals surface area contributed by atoms with Gasteiger partial charge in [-0.15, -0.1) is 11.3 Å². The second-order valence-electron chi connectivity index (χ2n) is 5.27. The molecule has 2 heteroatoms. The molecule has 1 nitrogen and oxygen atoms in total. The lowest BCUT2D eigenvalue weighted by molar-refractivity contribution is 0.417. The Kier molecular flexibility index (Phi) is 4.04. The van der Waals surface area contributed by atoms with E-state index in [4.69, 9.17) is 5.73 Å². The van der Waals surface area contributed by atoms with Gasteiger partial charge in [0.25, 0.3) is 0 Å². The zero-order valence-corrected chi connectivity index (χ0v) is 11.2. The fourth-order valence-corrected chi connectivity index (χ4v) is 3.79. The van der Waals surface area contributed by atoms with Gasteiger partial charge in [-0.25, -0.2) is 0 Å². The molecule has 0 aliphatic heterocycles. The highest BCUT2D eigenvalue weighted by atomic mass is 32.1. The lowest BCUT2D eigenvalue weighted by Gasteiger charge is -2.18. The highest BCUT2D eigenvalue weighted by Gasteiger charge is 2.26. The molecule has 2 rings (SSSR count). The van der Waals surface area contributed by atoms with E-state index in [1.807, 2.05) is 11.3 Å². The molecule has 16 heavy (non-hydrogen) atoms. The van der Waals surface area contributed by atoms with E-state index in [-0.39, 0.29) is 0 Å². The predicted molar refractivity (Wildman–Crippen MR) is 71.9 cm³/mol. The van der Waals surface area contributed by atoms with Gasteiger partial charge >= 0.3 is 0 Å². The Balaban J connectivity index is 1.89. The summed E-state index contributed by atoms with van der Waals surface area (Å²) in [6.07, 6.45) is 6.30. The molecule has 0 radical (unpaired) electrons. The van der Waals surface area contributed by atoms with Crippen molar-refractivity contribution in [3.05, 3.63) is 21.9 Å². The van der Waals surface area contributed by atoms with Crippen LogP contribution in [0.25, 0.3) is 0 Å². The largest absolute Gasteiger partial charge is 0.327 e. The van der Waals surface area contributed by atoms with Gasteiger partial charge in [0.15, 0.2) is 0 Å². The van der Waals surface area contributed by atoms with Crippen LogP contribution < -0.4 is 5.73 Å². The number of hydrogen-bond acceptors (Lipinski definition) is 2.